The number of carbonyl (C=O) groups is 2. The third kappa shape index (κ3) is 2.86. The van der Waals surface area contributed by atoms with Crippen molar-refractivity contribution in [2.75, 3.05) is 20.3 Å². The van der Waals surface area contributed by atoms with Crippen LogP contribution in [0.3, 0.4) is 0 Å². The van der Waals surface area contributed by atoms with E-state index in [1.165, 1.54) is 16.2 Å². The molecule has 0 aliphatic carbocycles. The number of aliphatic hydroxyl groups excluding tert-OH is 1. The smallest absolute Gasteiger partial charge is 0.295 e. The summed E-state index contributed by atoms with van der Waals surface area (Å²) in [7, 11) is 1.54. The molecule has 2 heterocycles. The van der Waals surface area contributed by atoms with Crippen LogP contribution in [0.2, 0.25) is 0 Å². The third-order valence-electron chi connectivity index (χ3n) is 3.94. The van der Waals surface area contributed by atoms with Crippen LogP contribution in [-0.4, -0.2) is 42.0 Å². The molecule has 1 amide bonds. The summed E-state index contributed by atoms with van der Waals surface area (Å²) in [6.07, 6.45) is 0. The SMILES string of the molecule is COCCN1C(=O)C(=O)/C(=C(\O)c2ccccc2)C1c1cccs1. The standard InChI is InChI=1S/C18H17NO4S/c1-23-10-9-19-15(13-8-5-11-24-13)14(17(21)18(19)22)16(20)12-6-3-2-4-7-12/h2-8,11,15,20H,9-10H2,1H3/b16-14-. The number of hydrogen-bond donors (Lipinski definition) is 1. The lowest BCUT2D eigenvalue weighted by Crippen LogP contribution is -2.32. The van der Waals surface area contributed by atoms with Gasteiger partial charge in [0.15, 0.2) is 0 Å². The zero-order valence-corrected chi connectivity index (χ0v) is 14.0. The number of nitrogens with zero attached hydrogens (tertiary/aromatic N) is 1. The van der Waals surface area contributed by atoms with Gasteiger partial charge in [-0.05, 0) is 11.4 Å². The molecule has 124 valence electrons. The summed E-state index contributed by atoms with van der Waals surface area (Å²) >= 11 is 1.45. The van der Waals surface area contributed by atoms with E-state index in [9.17, 15) is 14.7 Å². The lowest BCUT2D eigenvalue weighted by atomic mass is 10.00. The van der Waals surface area contributed by atoms with Crippen molar-refractivity contribution in [2.24, 2.45) is 0 Å². The highest BCUT2D eigenvalue weighted by Gasteiger charge is 2.46. The minimum atomic E-state index is -0.661. The molecule has 1 atom stereocenters. The monoisotopic (exact) mass is 343 g/mol. The number of ether oxygens (including phenoxy) is 1. The van der Waals surface area contributed by atoms with Crippen molar-refractivity contribution in [1.82, 2.24) is 4.90 Å². The number of amides is 1. The zero-order valence-electron chi connectivity index (χ0n) is 13.1. The first-order valence-electron chi connectivity index (χ1n) is 7.51. The second-order valence-corrected chi connectivity index (χ2v) is 6.35. The number of methoxy groups -OCH3 is 1. The number of aliphatic hydroxyl groups is 1. The Morgan fingerprint density at radius 2 is 1.96 bits per heavy atom. The van der Waals surface area contributed by atoms with Crippen molar-refractivity contribution in [3.8, 4) is 0 Å². The molecule has 3 rings (SSSR count). The number of likely N-dealkylation sites (tertiary alicyclic amines) is 1. The van der Waals surface area contributed by atoms with Gasteiger partial charge in [-0.3, -0.25) is 9.59 Å². The predicted molar refractivity (Wildman–Crippen MR) is 91.6 cm³/mol. The molecule has 0 bridgehead atoms. The lowest BCUT2D eigenvalue weighted by molar-refractivity contribution is -0.140. The van der Waals surface area contributed by atoms with Crippen molar-refractivity contribution in [3.63, 3.8) is 0 Å². The van der Waals surface area contributed by atoms with E-state index in [-0.39, 0.29) is 17.9 Å². The van der Waals surface area contributed by atoms with Crippen molar-refractivity contribution in [2.45, 2.75) is 6.04 Å². The number of rotatable bonds is 5. The quantitative estimate of drug-likeness (QED) is 0.515. The number of carbonyl (C=O) groups excluding carboxylic acids is 2. The minimum Gasteiger partial charge on any atom is -0.507 e. The van der Waals surface area contributed by atoms with Gasteiger partial charge >= 0.3 is 0 Å². The predicted octanol–water partition coefficient (Wildman–Crippen LogP) is 2.82. The molecular weight excluding hydrogens is 326 g/mol. The summed E-state index contributed by atoms with van der Waals surface area (Å²) in [5.74, 6) is -1.42. The number of Topliss-reactive ketones (excluding diaryl/α,β-unsaturated/α-hetero) is 1. The van der Waals surface area contributed by atoms with Crippen LogP contribution in [-0.2, 0) is 14.3 Å². The Morgan fingerprint density at radius 3 is 2.58 bits per heavy atom. The van der Waals surface area contributed by atoms with Gasteiger partial charge in [0.1, 0.15) is 5.76 Å². The largest absolute Gasteiger partial charge is 0.507 e. The number of benzene rings is 1. The van der Waals surface area contributed by atoms with Crippen molar-refractivity contribution >= 4 is 28.8 Å². The topological polar surface area (TPSA) is 66.8 Å². The first kappa shape index (κ1) is 16.4. The molecule has 5 nitrogen and oxygen atoms in total. The molecule has 1 fully saturated rings. The molecule has 0 saturated carbocycles. The van der Waals surface area contributed by atoms with Gasteiger partial charge in [0, 0.05) is 24.1 Å². The molecule has 1 aliphatic rings. The fourth-order valence-corrected chi connectivity index (χ4v) is 3.64. The Morgan fingerprint density at radius 1 is 1.21 bits per heavy atom. The summed E-state index contributed by atoms with van der Waals surface area (Å²) < 4.78 is 5.05. The number of thiophene rings is 1. The van der Waals surface area contributed by atoms with Gasteiger partial charge < -0.3 is 14.7 Å². The lowest BCUT2D eigenvalue weighted by Gasteiger charge is -2.23. The fourth-order valence-electron chi connectivity index (χ4n) is 2.79. The van der Waals surface area contributed by atoms with Gasteiger partial charge in [-0.25, -0.2) is 0 Å². The molecule has 24 heavy (non-hydrogen) atoms. The maximum Gasteiger partial charge on any atom is 0.295 e. The van der Waals surface area contributed by atoms with Crippen LogP contribution in [0.1, 0.15) is 16.5 Å². The highest BCUT2D eigenvalue weighted by molar-refractivity contribution is 7.10. The molecule has 1 aromatic carbocycles. The van der Waals surface area contributed by atoms with Gasteiger partial charge in [0.05, 0.1) is 18.2 Å². The molecule has 1 unspecified atom stereocenters. The van der Waals surface area contributed by atoms with Crippen LogP contribution >= 0.6 is 11.3 Å². The Balaban J connectivity index is 2.12. The van der Waals surface area contributed by atoms with E-state index < -0.39 is 17.7 Å². The molecular formula is C18H17NO4S. The average molecular weight is 343 g/mol. The van der Waals surface area contributed by atoms with Crippen LogP contribution in [0.4, 0.5) is 0 Å². The summed E-state index contributed by atoms with van der Waals surface area (Å²) in [5.41, 5.74) is 0.647. The molecule has 1 N–H and O–H groups in total. The van der Waals surface area contributed by atoms with E-state index in [0.717, 1.165) is 4.88 Å². The number of hydrogen-bond acceptors (Lipinski definition) is 5. The molecule has 0 radical (unpaired) electrons. The summed E-state index contributed by atoms with van der Waals surface area (Å²) in [4.78, 5) is 27.3. The molecule has 0 spiro atoms. The molecule has 1 aliphatic heterocycles. The van der Waals surface area contributed by atoms with E-state index in [1.54, 1.807) is 31.4 Å². The van der Waals surface area contributed by atoms with E-state index in [0.29, 0.717) is 12.2 Å². The van der Waals surface area contributed by atoms with Crippen LogP contribution in [0.15, 0.2) is 53.4 Å². The highest BCUT2D eigenvalue weighted by atomic mass is 32.1. The van der Waals surface area contributed by atoms with Crippen molar-refractivity contribution < 1.29 is 19.4 Å². The fraction of sp³-hybridized carbons (Fsp3) is 0.222. The first-order chi connectivity index (χ1) is 11.6. The van der Waals surface area contributed by atoms with E-state index in [2.05, 4.69) is 0 Å². The third-order valence-corrected chi connectivity index (χ3v) is 4.86. The summed E-state index contributed by atoms with van der Waals surface area (Å²) in [6.45, 7) is 0.607. The molecule has 1 aromatic heterocycles. The number of ketones is 1. The van der Waals surface area contributed by atoms with Crippen LogP contribution in [0, 0.1) is 0 Å². The van der Waals surface area contributed by atoms with E-state index in [4.69, 9.17) is 4.74 Å². The normalized spacial score (nSPS) is 19.9. The summed E-state index contributed by atoms with van der Waals surface area (Å²) in [6, 6.07) is 11.9. The maximum atomic E-state index is 12.6. The zero-order chi connectivity index (χ0) is 17.1. The van der Waals surface area contributed by atoms with Crippen LogP contribution in [0.5, 0.6) is 0 Å². The highest BCUT2D eigenvalue weighted by Crippen LogP contribution is 2.40. The molecule has 6 heteroatoms. The van der Waals surface area contributed by atoms with Gasteiger partial charge in [0.2, 0.25) is 0 Å². The Hall–Kier alpha value is -2.44. The van der Waals surface area contributed by atoms with Crippen LogP contribution in [0.25, 0.3) is 5.76 Å². The Bertz CT molecular complexity index is 768. The second kappa shape index (κ2) is 6.98. The minimum absolute atomic E-state index is 0.129. The van der Waals surface area contributed by atoms with Gasteiger partial charge in [-0.15, -0.1) is 11.3 Å². The maximum absolute atomic E-state index is 12.6. The average Bonchev–Trinajstić information content (AvgIpc) is 3.21. The van der Waals surface area contributed by atoms with Gasteiger partial charge in [0.25, 0.3) is 11.7 Å². The first-order valence-corrected chi connectivity index (χ1v) is 8.39. The molecule has 2 aromatic rings. The van der Waals surface area contributed by atoms with Gasteiger partial charge in [-0.2, -0.15) is 0 Å². The Kier molecular flexibility index (Phi) is 4.78. The summed E-state index contributed by atoms with van der Waals surface area (Å²) in [5, 5.41) is 12.6. The molecule has 1 saturated heterocycles. The Labute approximate surface area is 143 Å². The van der Waals surface area contributed by atoms with Crippen molar-refractivity contribution in [1.29, 1.82) is 0 Å². The van der Waals surface area contributed by atoms with Crippen LogP contribution < -0.4 is 0 Å². The van der Waals surface area contributed by atoms with Gasteiger partial charge in [-0.1, -0.05) is 36.4 Å². The van der Waals surface area contributed by atoms with E-state index >= 15 is 0 Å². The van der Waals surface area contributed by atoms with E-state index in [1.807, 2.05) is 23.6 Å². The second-order valence-electron chi connectivity index (χ2n) is 5.37. The van der Waals surface area contributed by atoms with Crippen molar-refractivity contribution in [3.05, 3.63) is 63.9 Å².